The van der Waals surface area contributed by atoms with Gasteiger partial charge in [0.2, 0.25) is 5.82 Å². The second-order valence-corrected chi connectivity index (χ2v) is 6.33. The number of non-ortho nitro benzene ring substituents is 1. The Hall–Kier alpha value is -4.41. The van der Waals surface area contributed by atoms with Crippen molar-refractivity contribution >= 4 is 23.3 Å². The first kappa shape index (κ1) is 18.9. The number of nitrogens with two attached hydrogens (primary N) is 1. The molecule has 1 aliphatic rings. The number of nitro benzene ring substituents is 1. The van der Waals surface area contributed by atoms with Gasteiger partial charge in [-0.05, 0) is 6.07 Å². The second-order valence-electron chi connectivity index (χ2n) is 6.33. The molecule has 0 saturated carbocycles. The van der Waals surface area contributed by atoms with Crippen LogP contribution in [0, 0.1) is 10.1 Å². The number of aromatic nitrogens is 3. The van der Waals surface area contributed by atoms with Crippen molar-refractivity contribution in [2.24, 2.45) is 10.7 Å². The van der Waals surface area contributed by atoms with Crippen molar-refractivity contribution in [2.45, 2.75) is 13.2 Å². The van der Waals surface area contributed by atoms with E-state index >= 15 is 0 Å². The number of nitro groups is 1. The van der Waals surface area contributed by atoms with E-state index in [-0.39, 0.29) is 17.3 Å². The minimum atomic E-state index is -1.25. The summed E-state index contributed by atoms with van der Waals surface area (Å²) in [5.41, 5.74) is 6.84. The van der Waals surface area contributed by atoms with E-state index in [1.807, 2.05) is 6.07 Å². The molecule has 0 radical (unpaired) electrons. The minimum absolute atomic E-state index is 0.0417. The number of fused-ring (bicyclic) bond motifs is 3. The molecule has 0 fully saturated rings. The van der Waals surface area contributed by atoms with Gasteiger partial charge in [-0.2, -0.15) is 0 Å². The highest BCUT2D eigenvalue weighted by Gasteiger charge is 2.32. The number of hydrogen-bond donors (Lipinski definition) is 1. The molecule has 2 heterocycles. The van der Waals surface area contributed by atoms with Crippen molar-refractivity contribution < 1.29 is 19.2 Å². The van der Waals surface area contributed by atoms with E-state index < -0.39 is 23.0 Å². The van der Waals surface area contributed by atoms with Crippen molar-refractivity contribution in [3.05, 3.63) is 81.4 Å². The summed E-state index contributed by atoms with van der Waals surface area (Å²) >= 11 is 0. The first-order valence-corrected chi connectivity index (χ1v) is 8.71. The van der Waals surface area contributed by atoms with Crippen molar-refractivity contribution in [2.75, 3.05) is 0 Å². The van der Waals surface area contributed by atoms with Crippen LogP contribution in [-0.4, -0.2) is 37.3 Å². The molecule has 1 atom stereocenters. The van der Waals surface area contributed by atoms with Crippen LogP contribution in [0.25, 0.3) is 5.69 Å². The molecule has 30 heavy (non-hydrogen) atoms. The number of ether oxygens (including phenoxy) is 1. The number of nitrogens with zero attached hydrogens (tertiary/aromatic N) is 5. The van der Waals surface area contributed by atoms with E-state index in [9.17, 15) is 19.7 Å². The zero-order valence-electron chi connectivity index (χ0n) is 15.6. The topological polar surface area (TPSA) is 156 Å². The molecule has 2 aromatic carbocycles. The molecule has 1 amide bonds. The first-order valence-electron chi connectivity index (χ1n) is 8.71. The lowest BCUT2D eigenvalue weighted by molar-refractivity contribution is -0.384. The fourth-order valence-corrected chi connectivity index (χ4v) is 3.08. The number of esters is 1. The molecule has 150 valence electrons. The zero-order chi connectivity index (χ0) is 21.4. The number of hydrogen-bond acceptors (Lipinski definition) is 8. The van der Waals surface area contributed by atoms with Gasteiger partial charge in [0.05, 0.1) is 16.3 Å². The number of carbonyl (C=O) groups is 2. The van der Waals surface area contributed by atoms with Gasteiger partial charge >= 0.3 is 5.97 Å². The molecular weight excluding hydrogens is 392 g/mol. The standard InChI is InChI=1S/C19H14N6O5/c1-10(26)30-19-18-22-17(16(20)27)23-24(18)14-8-7-12(25(28)29)9-13(14)15(21-19)11-5-3-2-4-6-11/h2-9,19H,1H3,(H2,20,27). The van der Waals surface area contributed by atoms with E-state index in [4.69, 9.17) is 10.5 Å². The average molecular weight is 406 g/mol. The van der Waals surface area contributed by atoms with Crippen LogP contribution in [0.1, 0.15) is 40.7 Å². The number of carbonyl (C=O) groups excluding carboxylic acids is 2. The molecular formula is C19H14N6O5. The summed E-state index contributed by atoms with van der Waals surface area (Å²) < 4.78 is 6.57. The smallest absolute Gasteiger partial charge is 0.304 e. The van der Waals surface area contributed by atoms with Crippen molar-refractivity contribution in [1.82, 2.24) is 14.8 Å². The fourth-order valence-electron chi connectivity index (χ4n) is 3.08. The third-order valence-electron chi connectivity index (χ3n) is 4.32. The molecule has 2 N–H and O–H groups in total. The van der Waals surface area contributed by atoms with Crippen molar-refractivity contribution in [3.8, 4) is 5.69 Å². The predicted molar refractivity (Wildman–Crippen MR) is 103 cm³/mol. The van der Waals surface area contributed by atoms with Crippen LogP contribution < -0.4 is 5.73 Å². The maximum atomic E-state index is 11.7. The predicted octanol–water partition coefficient (Wildman–Crippen LogP) is 1.69. The monoisotopic (exact) mass is 406 g/mol. The Labute approximate surface area is 169 Å². The third-order valence-corrected chi connectivity index (χ3v) is 4.32. The van der Waals surface area contributed by atoms with E-state index in [1.54, 1.807) is 24.3 Å². The number of aliphatic imine (C=N–C) groups is 1. The molecule has 1 aromatic heterocycles. The molecule has 0 saturated heterocycles. The van der Waals surface area contributed by atoms with Crippen LogP contribution in [0.3, 0.4) is 0 Å². The Morgan fingerprint density at radius 1 is 1.20 bits per heavy atom. The van der Waals surface area contributed by atoms with Crippen LogP contribution in [0.2, 0.25) is 0 Å². The van der Waals surface area contributed by atoms with Crippen molar-refractivity contribution in [3.63, 3.8) is 0 Å². The number of primary amides is 1. The summed E-state index contributed by atoms with van der Waals surface area (Å²) in [6, 6.07) is 13.0. The summed E-state index contributed by atoms with van der Waals surface area (Å²) in [6.07, 6.45) is -1.25. The molecule has 1 aliphatic heterocycles. The maximum absolute atomic E-state index is 11.7. The number of rotatable bonds is 4. The van der Waals surface area contributed by atoms with Gasteiger partial charge in [-0.1, -0.05) is 30.3 Å². The Balaban J connectivity index is 2.05. The molecule has 11 heteroatoms. The average Bonchev–Trinajstić information content (AvgIpc) is 3.12. The van der Waals surface area contributed by atoms with Gasteiger partial charge in [-0.3, -0.25) is 19.7 Å². The van der Waals surface area contributed by atoms with Crippen LogP contribution >= 0.6 is 0 Å². The quantitative estimate of drug-likeness (QED) is 0.392. The van der Waals surface area contributed by atoms with Gasteiger partial charge < -0.3 is 10.5 Å². The van der Waals surface area contributed by atoms with Crippen LogP contribution in [0.5, 0.6) is 0 Å². The Morgan fingerprint density at radius 2 is 1.93 bits per heavy atom. The largest absolute Gasteiger partial charge is 0.432 e. The SMILES string of the molecule is CC(=O)OC1N=C(c2ccccc2)c2cc([N+](=O)[O-])ccc2-n2nc(C(N)=O)nc21. The maximum Gasteiger partial charge on any atom is 0.304 e. The van der Waals surface area contributed by atoms with E-state index in [2.05, 4.69) is 15.1 Å². The minimum Gasteiger partial charge on any atom is -0.432 e. The molecule has 3 aromatic rings. The number of amides is 1. The number of benzene rings is 2. The summed E-state index contributed by atoms with van der Waals surface area (Å²) in [5, 5.41) is 15.5. The summed E-state index contributed by atoms with van der Waals surface area (Å²) in [4.78, 5) is 42.8. The summed E-state index contributed by atoms with van der Waals surface area (Å²) in [7, 11) is 0. The highest BCUT2D eigenvalue weighted by molar-refractivity contribution is 6.15. The third kappa shape index (κ3) is 3.28. The normalized spacial score (nSPS) is 14.7. The van der Waals surface area contributed by atoms with E-state index in [0.717, 1.165) is 0 Å². The van der Waals surface area contributed by atoms with Crippen LogP contribution in [-0.2, 0) is 9.53 Å². The second kappa shape index (κ2) is 7.20. The van der Waals surface area contributed by atoms with E-state index in [0.29, 0.717) is 22.5 Å². The highest BCUT2D eigenvalue weighted by atomic mass is 16.6. The van der Waals surface area contributed by atoms with Gasteiger partial charge in [0.1, 0.15) is 0 Å². The molecule has 0 spiro atoms. The lowest BCUT2D eigenvalue weighted by atomic mass is 10.00. The summed E-state index contributed by atoms with van der Waals surface area (Å²) in [6.45, 7) is 1.20. The fraction of sp³-hybridized carbons (Fsp3) is 0.105. The lowest BCUT2D eigenvalue weighted by Crippen LogP contribution is -2.14. The molecule has 4 rings (SSSR count). The highest BCUT2D eigenvalue weighted by Crippen LogP contribution is 2.32. The Morgan fingerprint density at radius 3 is 2.57 bits per heavy atom. The van der Waals surface area contributed by atoms with Crippen LogP contribution in [0.15, 0.2) is 53.5 Å². The Kier molecular flexibility index (Phi) is 4.54. The van der Waals surface area contributed by atoms with Crippen molar-refractivity contribution in [1.29, 1.82) is 0 Å². The Bertz CT molecular complexity index is 1220. The van der Waals surface area contributed by atoms with Gasteiger partial charge in [0, 0.05) is 30.2 Å². The summed E-state index contributed by atoms with van der Waals surface area (Å²) in [5.74, 6) is -1.78. The van der Waals surface area contributed by atoms with Gasteiger partial charge in [0.25, 0.3) is 17.8 Å². The van der Waals surface area contributed by atoms with Gasteiger partial charge in [-0.25, -0.2) is 14.7 Å². The molecule has 0 bridgehead atoms. The molecule has 1 unspecified atom stereocenters. The van der Waals surface area contributed by atoms with Gasteiger partial charge in [-0.15, -0.1) is 5.10 Å². The molecule has 0 aliphatic carbocycles. The zero-order valence-corrected chi connectivity index (χ0v) is 15.6. The first-order chi connectivity index (χ1) is 14.3. The van der Waals surface area contributed by atoms with Crippen LogP contribution in [0.4, 0.5) is 5.69 Å². The van der Waals surface area contributed by atoms with Gasteiger partial charge in [0.15, 0.2) is 5.82 Å². The molecule has 11 nitrogen and oxygen atoms in total. The lowest BCUT2D eigenvalue weighted by Gasteiger charge is -2.11. The van der Waals surface area contributed by atoms with E-state index in [1.165, 1.54) is 29.8 Å².